The highest BCUT2D eigenvalue weighted by Crippen LogP contribution is 2.29. The third-order valence-corrected chi connectivity index (χ3v) is 4.13. The number of amides is 2. The normalized spacial score (nSPS) is 10.2. The second-order valence-electron chi connectivity index (χ2n) is 6.48. The summed E-state index contributed by atoms with van der Waals surface area (Å²) >= 11 is 0. The molecule has 3 rings (SSSR count). The number of rotatable bonds is 6. The van der Waals surface area contributed by atoms with Crippen LogP contribution >= 0.6 is 0 Å². The lowest BCUT2D eigenvalue weighted by Crippen LogP contribution is -2.23. The largest absolute Gasteiger partial charge is 0.483 e. The number of nitrogens with one attached hydrogen (secondary N) is 1. The highest BCUT2D eigenvalue weighted by Gasteiger charge is 2.11. The minimum atomic E-state index is -0.294. The van der Waals surface area contributed by atoms with Gasteiger partial charge in [0.25, 0.3) is 11.8 Å². The summed E-state index contributed by atoms with van der Waals surface area (Å²) in [5.74, 6) is 0.224. The van der Waals surface area contributed by atoms with Crippen molar-refractivity contribution in [1.82, 2.24) is 4.90 Å². The van der Waals surface area contributed by atoms with Crippen molar-refractivity contribution in [2.45, 2.75) is 0 Å². The molecule has 0 heterocycles. The average Bonchev–Trinajstić information content (AvgIpc) is 2.72. The molecule has 0 atom stereocenters. The quantitative estimate of drug-likeness (QED) is 0.707. The summed E-state index contributed by atoms with van der Waals surface area (Å²) < 4.78 is 5.75. The van der Waals surface area contributed by atoms with E-state index < -0.39 is 0 Å². The molecular formula is C23H22N2O3. The first-order valence-electron chi connectivity index (χ1n) is 8.93. The van der Waals surface area contributed by atoms with Crippen LogP contribution in [0.4, 0.5) is 5.69 Å². The van der Waals surface area contributed by atoms with Crippen LogP contribution in [0.15, 0.2) is 78.9 Å². The number of para-hydroxylation sites is 1. The zero-order chi connectivity index (χ0) is 19.9. The van der Waals surface area contributed by atoms with Crippen molar-refractivity contribution >= 4 is 17.5 Å². The fourth-order valence-corrected chi connectivity index (χ4v) is 2.78. The molecule has 0 aliphatic rings. The first-order chi connectivity index (χ1) is 13.5. The lowest BCUT2D eigenvalue weighted by molar-refractivity contribution is -0.118. The first-order valence-corrected chi connectivity index (χ1v) is 8.93. The number of carbonyl (C=O) groups excluding carboxylic acids is 2. The Hall–Kier alpha value is -3.60. The van der Waals surface area contributed by atoms with E-state index in [1.165, 1.54) is 4.90 Å². The van der Waals surface area contributed by atoms with E-state index in [-0.39, 0.29) is 18.4 Å². The van der Waals surface area contributed by atoms with Crippen molar-refractivity contribution in [3.8, 4) is 16.9 Å². The predicted molar refractivity (Wildman–Crippen MR) is 110 cm³/mol. The number of anilines is 1. The van der Waals surface area contributed by atoms with Crippen LogP contribution in [0.25, 0.3) is 11.1 Å². The van der Waals surface area contributed by atoms with Gasteiger partial charge in [-0.25, -0.2) is 0 Å². The van der Waals surface area contributed by atoms with Crippen molar-refractivity contribution in [1.29, 1.82) is 0 Å². The molecule has 0 saturated carbocycles. The Bertz CT molecular complexity index is 968. The Morgan fingerprint density at radius 1 is 0.893 bits per heavy atom. The smallest absolute Gasteiger partial charge is 0.262 e. The monoisotopic (exact) mass is 374 g/mol. The Balaban J connectivity index is 1.66. The summed E-state index contributed by atoms with van der Waals surface area (Å²) in [6.45, 7) is -0.129. The van der Waals surface area contributed by atoms with Crippen LogP contribution in [0.3, 0.4) is 0 Å². The molecule has 0 aromatic heterocycles. The van der Waals surface area contributed by atoms with Crippen molar-refractivity contribution in [2.75, 3.05) is 26.0 Å². The fourth-order valence-electron chi connectivity index (χ4n) is 2.78. The topological polar surface area (TPSA) is 58.6 Å². The molecule has 0 aliphatic heterocycles. The van der Waals surface area contributed by atoms with Crippen LogP contribution in [0, 0.1) is 0 Å². The predicted octanol–water partition coefficient (Wildman–Crippen LogP) is 4.07. The number of benzene rings is 3. The Morgan fingerprint density at radius 2 is 1.61 bits per heavy atom. The summed E-state index contributed by atoms with van der Waals surface area (Å²) in [7, 11) is 3.37. The van der Waals surface area contributed by atoms with Crippen LogP contribution in [0.2, 0.25) is 0 Å². The summed E-state index contributed by atoms with van der Waals surface area (Å²) in [6, 6.07) is 24.3. The van der Waals surface area contributed by atoms with Crippen molar-refractivity contribution in [2.24, 2.45) is 0 Å². The molecule has 28 heavy (non-hydrogen) atoms. The van der Waals surface area contributed by atoms with E-state index in [1.807, 2.05) is 54.6 Å². The van der Waals surface area contributed by atoms with Gasteiger partial charge >= 0.3 is 0 Å². The van der Waals surface area contributed by atoms with E-state index in [9.17, 15) is 9.59 Å². The SMILES string of the molecule is CN(C)C(=O)c1cccc(NC(=O)COc2ccccc2-c2ccccc2)c1. The van der Waals surface area contributed by atoms with Gasteiger partial charge in [-0.1, -0.05) is 54.6 Å². The fraction of sp³-hybridized carbons (Fsp3) is 0.130. The molecular weight excluding hydrogens is 352 g/mol. The summed E-state index contributed by atoms with van der Waals surface area (Å²) in [5.41, 5.74) is 3.01. The maximum Gasteiger partial charge on any atom is 0.262 e. The molecule has 0 spiro atoms. The molecule has 142 valence electrons. The molecule has 0 fully saturated rings. The van der Waals surface area contributed by atoms with E-state index in [0.717, 1.165) is 11.1 Å². The van der Waals surface area contributed by atoms with Crippen LogP contribution in [0.5, 0.6) is 5.75 Å². The average molecular weight is 374 g/mol. The van der Waals surface area contributed by atoms with E-state index >= 15 is 0 Å². The van der Waals surface area contributed by atoms with Crippen LogP contribution in [-0.2, 0) is 4.79 Å². The highest BCUT2D eigenvalue weighted by molar-refractivity contribution is 5.97. The Kier molecular flexibility index (Phi) is 6.07. The first kappa shape index (κ1) is 19.2. The molecule has 0 radical (unpaired) electrons. The lowest BCUT2D eigenvalue weighted by atomic mass is 10.1. The molecule has 1 N–H and O–H groups in total. The molecule has 0 bridgehead atoms. The van der Waals surface area contributed by atoms with Crippen LogP contribution in [0.1, 0.15) is 10.4 Å². The molecule has 0 unspecified atom stereocenters. The Morgan fingerprint density at radius 3 is 2.36 bits per heavy atom. The van der Waals surface area contributed by atoms with Gasteiger partial charge in [0.2, 0.25) is 0 Å². The zero-order valence-electron chi connectivity index (χ0n) is 15.9. The molecule has 0 aliphatic carbocycles. The molecule has 5 heteroatoms. The Labute approximate surface area is 164 Å². The van der Waals surface area contributed by atoms with Gasteiger partial charge in [-0.15, -0.1) is 0 Å². The van der Waals surface area contributed by atoms with Gasteiger partial charge in [-0.2, -0.15) is 0 Å². The minimum Gasteiger partial charge on any atom is -0.483 e. The maximum atomic E-state index is 12.3. The van der Waals surface area contributed by atoms with Crippen molar-refractivity contribution in [3.63, 3.8) is 0 Å². The molecule has 3 aromatic rings. The molecule has 3 aromatic carbocycles. The van der Waals surface area contributed by atoms with Gasteiger partial charge in [-0.3, -0.25) is 9.59 Å². The van der Waals surface area contributed by atoms with Gasteiger partial charge in [0, 0.05) is 30.9 Å². The summed E-state index contributed by atoms with van der Waals surface area (Å²) in [6.07, 6.45) is 0. The second-order valence-corrected chi connectivity index (χ2v) is 6.48. The number of hydrogen-bond donors (Lipinski definition) is 1. The number of ether oxygens (including phenoxy) is 1. The lowest BCUT2D eigenvalue weighted by Gasteiger charge is -2.13. The zero-order valence-corrected chi connectivity index (χ0v) is 15.9. The molecule has 5 nitrogen and oxygen atoms in total. The number of nitrogens with zero attached hydrogens (tertiary/aromatic N) is 1. The van der Waals surface area contributed by atoms with E-state index in [2.05, 4.69) is 5.32 Å². The van der Waals surface area contributed by atoms with Crippen molar-refractivity contribution in [3.05, 3.63) is 84.4 Å². The van der Waals surface area contributed by atoms with Crippen molar-refractivity contribution < 1.29 is 14.3 Å². The number of hydrogen-bond acceptors (Lipinski definition) is 3. The molecule has 2 amide bonds. The second kappa shape index (κ2) is 8.86. The van der Waals surface area contributed by atoms with Gasteiger partial charge in [0.15, 0.2) is 6.61 Å². The van der Waals surface area contributed by atoms with Gasteiger partial charge in [0.1, 0.15) is 5.75 Å². The number of carbonyl (C=O) groups is 2. The van der Waals surface area contributed by atoms with E-state index in [1.54, 1.807) is 38.4 Å². The van der Waals surface area contributed by atoms with Gasteiger partial charge in [0.05, 0.1) is 0 Å². The van der Waals surface area contributed by atoms with E-state index in [4.69, 9.17) is 4.74 Å². The minimum absolute atomic E-state index is 0.121. The maximum absolute atomic E-state index is 12.3. The summed E-state index contributed by atoms with van der Waals surface area (Å²) in [4.78, 5) is 25.9. The third kappa shape index (κ3) is 4.76. The van der Waals surface area contributed by atoms with Gasteiger partial charge in [-0.05, 0) is 29.8 Å². The van der Waals surface area contributed by atoms with Crippen LogP contribution < -0.4 is 10.1 Å². The molecule has 0 saturated heterocycles. The van der Waals surface area contributed by atoms with Crippen LogP contribution in [-0.4, -0.2) is 37.4 Å². The van der Waals surface area contributed by atoms with Gasteiger partial charge < -0.3 is 15.0 Å². The third-order valence-electron chi connectivity index (χ3n) is 4.13. The van der Waals surface area contributed by atoms with E-state index in [0.29, 0.717) is 17.0 Å². The highest BCUT2D eigenvalue weighted by atomic mass is 16.5. The summed E-state index contributed by atoms with van der Waals surface area (Å²) in [5, 5.41) is 2.77. The standard InChI is InChI=1S/C23H22N2O3/c1-25(2)23(27)18-11-8-12-19(15-18)24-22(26)16-28-21-14-7-6-13-20(21)17-9-4-3-5-10-17/h3-15H,16H2,1-2H3,(H,24,26).